The lowest BCUT2D eigenvalue weighted by atomic mass is 10.2. The van der Waals surface area contributed by atoms with E-state index in [0.717, 1.165) is 29.3 Å². The molecule has 0 atom stereocenters. The molecule has 0 aliphatic heterocycles. The Hall–Kier alpha value is -1.85. The third-order valence-electron chi connectivity index (χ3n) is 3.03. The molecule has 1 aromatic carbocycles. The van der Waals surface area contributed by atoms with Crippen LogP contribution in [0.2, 0.25) is 5.02 Å². The second-order valence-electron chi connectivity index (χ2n) is 4.62. The first-order chi connectivity index (χ1) is 10.2. The zero-order valence-corrected chi connectivity index (χ0v) is 13.0. The minimum absolute atomic E-state index is 0.552. The molecule has 5 nitrogen and oxygen atoms in total. The number of nitrogens with one attached hydrogen (secondary N) is 2. The Kier molecular flexibility index (Phi) is 5.36. The van der Waals surface area contributed by atoms with Crippen molar-refractivity contribution < 1.29 is 0 Å². The molecule has 0 radical (unpaired) electrons. The molecule has 0 saturated carbocycles. The second-order valence-corrected chi connectivity index (χ2v) is 5.06. The molecule has 6 heteroatoms. The molecular formula is C15H20ClN5. The molecule has 0 amide bonds. The van der Waals surface area contributed by atoms with Gasteiger partial charge in [0, 0.05) is 35.8 Å². The zero-order valence-electron chi connectivity index (χ0n) is 12.3. The van der Waals surface area contributed by atoms with Gasteiger partial charge in [0.05, 0.1) is 0 Å². The van der Waals surface area contributed by atoms with Gasteiger partial charge in [-0.15, -0.1) is 0 Å². The molecule has 0 aliphatic rings. The number of rotatable bonds is 6. The second kappa shape index (κ2) is 7.24. The van der Waals surface area contributed by atoms with Crippen LogP contribution in [0.4, 0.5) is 11.6 Å². The largest absolute Gasteiger partial charge is 0.370 e. The first kappa shape index (κ1) is 15.5. The Morgan fingerprint density at radius 3 is 2.29 bits per heavy atom. The maximum atomic E-state index is 5.93. The molecule has 0 bridgehead atoms. The third-order valence-corrected chi connectivity index (χ3v) is 3.28. The third kappa shape index (κ3) is 3.83. The van der Waals surface area contributed by atoms with Gasteiger partial charge in [0.2, 0.25) is 0 Å². The highest BCUT2D eigenvalue weighted by Gasteiger charge is 2.11. The Balaban J connectivity index is 2.44. The maximum Gasteiger partial charge on any atom is 0.163 e. The van der Waals surface area contributed by atoms with E-state index in [1.165, 1.54) is 0 Å². The summed E-state index contributed by atoms with van der Waals surface area (Å²) in [6.45, 7) is 6.05. The van der Waals surface area contributed by atoms with Crippen molar-refractivity contribution >= 4 is 23.2 Å². The highest BCUT2D eigenvalue weighted by atomic mass is 35.5. The van der Waals surface area contributed by atoms with E-state index in [-0.39, 0.29) is 0 Å². The molecule has 2 rings (SSSR count). The van der Waals surface area contributed by atoms with Crippen molar-refractivity contribution in [2.75, 3.05) is 30.3 Å². The highest BCUT2D eigenvalue weighted by Crippen LogP contribution is 2.25. The van der Waals surface area contributed by atoms with E-state index < -0.39 is 0 Å². The van der Waals surface area contributed by atoms with Crippen LogP contribution in [0.3, 0.4) is 0 Å². The Bertz CT molecular complexity index is 598. The molecule has 0 spiro atoms. The first-order valence-electron chi connectivity index (χ1n) is 6.98. The predicted molar refractivity (Wildman–Crippen MR) is 88.9 cm³/mol. The van der Waals surface area contributed by atoms with Crippen LogP contribution in [0.1, 0.15) is 12.5 Å². The summed E-state index contributed by atoms with van der Waals surface area (Å²) in [6.07, 6.45) is 0. The maximum absolute atomic E-state index is 5.93. The van der Waals surface area contributed by atoms with Gasteiger partial charge in [0.15, 0.2) is 5.82 Å². The van der Waals surface area contributed by atoms with Gasteiger partial charge in [-0.05, 0) is 38.1 Å². The summed E-state index contributed by atoms with van der Waals surface area (Å²) in [5.41, 5.74) is 7.47. The highest BCUT2D eigenvalue weighted by molar-refractivity contribution is 6.30. The van der Waals surface area contributed by atoms with E-state index in [0.29, 0.717) is 23.9 Å². The van der Waals surface area contributed by atoms with Gasteiger partial charge in [-0.1, -0.05) is 11.6 Å². The number of hydrogen-bond acceptors (Lipinski definition) is 5. The smallest absolute Gasteiger partial charge is 0.163 e. The van der Waals surface area contributed by atoms with Crippen molar-refractivity contribution in [1.82, 2.24) is 9.97 Å². The van der Waals surface area contributed by atoms with Crippen molar-refractivity contribution in [2.24, 2.45) is 5.73 Å². The minimum atomic E-state index is 0.552. The molecule has 112 valence electrons. The number of nitrogens with zero attached hydrogens (tertiary/aromatic N) is 2. The Morgan fingerprint density at radius 1 is 1.10 bits per heavy atom. The van der Waals surface area contributed by atoms with Crippen molar-refractivity contribution in [3.63, 3.8) is 0 Å². The predicted octanol–water partition coefficient (Wildman–Crippen LogP) is 2.91. The molecule has 21 heavy (non-hydrogen) atoms. The van der Waals surface area contributed by atoms with Gasteiger partial charge < -0.3 is 16.4 Å². The van der Waals surface area contributed by atoms with Crippen LogP contribution < -0.4 is 16.4 Å². The molecule has 0 saturated heterocycles. The summed E-state index contributed by atoms with van der Waals surface area (Å²) >= 11 is 5.93. The van der Waals surface area contributed by atoms with Gasteiger partial charge in [-0.25, -0.2) is 9.97 Å². The van der Waals surface area contributed by atoms with E-state index in [1.807, 2.05) is 38.1 Å². The lowest BCUT2D eigenvalue weighted by molar-refractivity contribution is 0.996. The fourth-order valence-electron chi connectivity index (χ4n) is 1.95. The van der Waals surface area contributed by atoms with Gasteiger partial charge in [0.1, 0.15) is 11.6 Å². The van der Waals surface area contributed by atoms with Crippen LogP contribution in [0.25, 0.3) is 11.4 Å². The number of aromatic nitrogens is 2. The fourth-order valence-corrected chi connectivity index (χ4v) is 2.07. The molecule has 2 aromatic rings. The monoisotopic (exact) mass is 305 g/mol. The van der Waals surface area contributed by atoms with E-state index >= 15 is 0 Å². The van der Waals surface area contributed by atoms with Crippen molar-refractivity contribution in [3.8, 4) is 11.4 Å². The number of anilines is 2. The summed E-state index contributed by atoms with van der Waals surface area (Å²) < 4.78 is 0. The molecule has 1 heterocycles. The number of benzene rings is 1. The van der Waals surface area contributed by atoms with Crippen LogP contribution >= 0.6 is 11.6 Å². The van der Waals surface area contributed by atoms with Gasteiger partial charge in [0.25, 0.3) is 0 Å². The van der Waals surface area contributed by atoms with Gasteiger partial charge in [-0.3, -0.25) is 0 Å². The van der Waals surface area contributed by atoms with Gasteiger partial charge >= 0.3 is 0 Å². The van der Waals surface area contributed by atoms with E-state index in [4.69, 9.17) is 17.3 Å². The first-order valence-corrected chi connectivity index (χ1v) is 7.36. The Labute approximate surface area is 129 Å². The fraction of sp³-hybridized carbons (Fsp3) is 0.333. The summed E-state index contributed by atoms with van der Waals surface area (Å²) in [5.74, 6) is 2.29. The Morgan fingerprint density at radius 2 is 1.71 bits per heavy atom. The van der Waals surface area contributed by atoms with Gasteiger partial charge in [-0.2, -0.15) is 0 Å². The minimum Gasteiger partial charge on any atom is -0.370 e. The average Bonchev–Trinajstić information content (AvgIpc) is 2.49. The molecule has 0 aliphatic carbocycles. The molecular weight excluding hydrogens is 286 g/mol. The van der Waals surface area contributed by atoms with E-state index in [9.17, 15) is 0 Å². The lowest BCUT2D eigenvalue weighted by Crippen LogP contribution is -2.16. The SMILES string of the molecule is CCNc1nc(-c2ccc(Cl)cc2)nc(NCCN)c1C. The van der Waals surface area contributed by atoms with Crippen molar-refractivity contribution in [3.05, 3.63) is 34.9 Å². The van der Waals surface area contributed by atoms with Crippen molar-refractivity contribution in [2.45, 2.75) is 13.8 Å². The number of halogens is 1. The molecule has 0 fully saturated rings. The molecule has 4 N–H and O–H groups in total. The zero-order chi connectivity index (χ0) is 15.2. The normalized spacial score (nSPS) is 10.5. The van der Waals surface area contributed by atoms with Crippen LogP contribution in [-0.2, 0) is 0 Å². The van der Waals surface area contributed by atoms with Crippen molar-refractivity contribution in [1.29, 1.82) is 0 Å². The summed E-state index contributed by atoms with van der Waals surface area (Å²) in [5, 5.41) is 7.20. The number of nitrogens with two attached hydrogens (primary N) is 1. The van der Waals surface area contributed by atoms with Crippen LogP contribution in [0.5, 0.6) is 0 Å². The molecule has 0 unspecified atom stereocenters. The topological polar surface area (TPSA) is 75.9 Å². The average molecular weight is 306 g/mol. The quantitative estimate of drug-likeness (QED) is 0.765. The lowest BCUT2D eigenvalue weighted by Gasteiger charge is -2.14. The summed E-state index contributed by atoms with van der Waals surface area (Å²) in [4.78, 5) is 9.19. The van der Waals surface area contributed by atoms with Crippen LogP contribution in [0.15, 0.2) is 24.3 Å². The van der Waals surface area contributed by atoms with Crippen LogP contribution in [0, 0.1) is 6.92 Å². The van der Waals surface area contributed by atoms with Crippen LogP contribution in [-0.4, -0.2) is 29.6 Å². The summed E-state index contributed by atoms with van der Waals surface area (Å²) in [6, 6.07) is 7.49. The standard InChI is InChI=1S/C15H20ClN5/c1-3-18-13-10(2)14(19-9-8-17)21-15(20-13)11-4-6-12(16)7-5-11/h4-7H,3,8-9,17H2,1-2H3,(H2,18,19,20,21). The summed E-state index contributed by atoms with van der Waals surface area (Å²) in [7, 11) is 0. The molecule has 1 aromatic heterocycles. The van der Waals surface area contributed by atoms with E-state index in [2.05, 4.69) is 20.6 Å². The number of hydrogen-bond donors (Lipinski definition) is 3. The van der Waals surface area contributed by atoms with E-state index in [1.54, 1.807) is 0 Å².